The molecule has 1 N–H and O–H groups in total. The van der Waals surface area contributed by atoms with Crippen LogP contribution in [-0.2, 0) is 6.54 Å². The van der Waals surface area contributed by atoms with Gasteiger partial charge in [0.05, 0.1) is 6.54 Å². The summed E-state index contributed by atoms with van der Waals surface area (Å²) < 4.78 is 32.1. The van der Waals surface area contributed by atoms with E-state index < -0.39 is 11.6 Å². The Hall–Kier alpha value is -1.98. The highest BCUT2D eigenvalue weighted by atomic mass is 19.1. The zero-order valence-corrected chi connectivity index (χ0v) is 9.42. The van der Waals surface area contributed by atoms with Crippen molar-refractivity contribution in [1.82, 2.24) is 10.2 Å². The first-order valence-electron chi connectivity index (χ1n) is 5.05. The molecule has 2 rings (SSSR count). The minimum absolute atomic E-state index is 0.0815. The van der Waals surface area contributed by atoms with Crippen LogP contribution in [0.3, 0.4) is 0 Å². The minimum atomic E-state index is -0.649. The summed E-state index contributed by atoms with van der Waals surface area (Å²) in [5.74, 6) is -0.569. The van der Waals surface area contributed by atoms with Crippen LogP contribution in [0.15, 0.2) is 16.5 Å². The maximum absolute atomic E-state index is 13.6. The van der Waals surface area contributed by atoms with E-state index in [1.165, 1.54) is 12.1 Å². The molecule has 0 saturated heterocycles. The Balaban J connectivity index is 2.16. The van der Waals surface area contributed by atoms with Crippen LogP contribution in [0.25, 0.3) is 0 Å². The van der Waals surface area contributed by atoms with Crippen LogP contribution < -0.4 is 5.32 Å². The van der Waals surface area contributed by atoms with Crippen molar-refractivity contribution in [3.63, 3.8) is 0 Å². The third-order valence-corrected chi connectivity index (χ3v) is 2.27. The predicted molar refractivity (Wildman–Crippen MR) is 57.5 cm³/mol. The highest BCUT2D eigenvalue weighted by Gasteiger charge is 2.12. The Labute approximate surface area is 96.7 Å². The topological polar surface area (TPSA) is 51.0 Å². The van der Waals surface area contributed by atoms with Crippen molar-refractivity contribution >= 4 is 5.69 Å². The van der Waals surface area contributed by atoms with E-state index in [0.717, 1.165) is 0 Å². The molecular formula is C11H11F2N3O. The molecule has 0 spiro atoms. The van der Waals surface area contributed by atoms with E-state index in [9.17, 15) is 8.78 Å². The van der Waals surface area contributed by atoms with E-state index in [-0.39, 0.29) is 18.1 Å². The second-order valence-corrected chi connectivity index (χ2v) is 3.62. The Kier molecular flexibility index (Phi) is 3.03. The van der Waals surface area contributed by atoms with Gasteiger partial charge in [0.25, 0.3) is 0 Å². The van der Waals surface area contributed by atoms with E-state index in [0.29, 0.717) is 11.5 Å². The fraction of sp³-hybridized carbons (Fsp3) is 0.273. The lowest BCUT2D eigenvalue weighted by Gasteiger charge is -2.08. The monoisotopic (exact) mass is 239 g/mol. The Morgan fingerprint density at radius 3 is 2.65 bits per heavy atom. The van der Waals surface area contributed by atoms with Crippen LogP contribution in [0.1, 0.15) is 17.3 Å². The molecule has 0 saturated carbocycles. The summed E-state index contributed by atoms with van der Waals surface area (Å²) >= 11 is 0. The van der Waals surface area contributed by atoms with Gasteiger partial charge in [0.1, 0.15) is 11.5 Å². The average Bonchev–Trinajstić information content (AvgIpc) is 2.70. The second-order valence-electron chi connectivity index (χ2n) is 3.62. The van der Waals surface area contributed by atoms with E-state index in [2.05, 4.69) is 15.5 Å². The smallest absolute Gasteiger partial charge is 0.235 e. The molecule has 6 heteroatoms. The van der Waals surface area contributed by atoms with Gasteiger partial charge in [-0.15, -0.1) is 10.2 Å². The summed E-state index contributed by atoms with van der Waals surface area (Å²) in [6.45, 7) is 3.29. The number of hydrogen-bond acceptors (Lipinski definition) is 4. The van der Waals surface area contributed by atoms with E-state index >= 15 is 0 Å². The van der Waals surface area contributed by atoms with Crippen LogP contribution >= 0.6 is 0 Å². The molecule has 2 aromatic rings. The van der Waals surface area contributed by atoms with Crippen LogP contribution in [-0.4, -0.2) is 10.2 Å². The highest BCUT2D eigenvalue weighted by Crippen LogP contribution is 2.22. The maximum Gasteiger partial charge on any atom is 0.235 e. The van der Waals surface area contributed by atoms with Crippen molar-refractivity contribution in [2.24, 2.45) is 0 Å². The summed E-state index contributed by atoms with van der Waals surface area (Å²) in [6.07, 6.45) is 0. The summed E-state index contributed by atoms with van der Waals surface area (Å²) in [5, 5.41) is 9.94. The first-order valence-corrected chi connectivity index (χ1v) is 5.05. The maximum atomic E-state index is 13.6. The van der Waals surface area contributed by atoms with Crippen molar-refractivity contribution in [3.05, 3.63) is 41.1 Å². The number of rotatable bonds is 3. The van der Waals surface area contributed by atoms with Crippen molar-refractivity contribution < 1.29 is 13.2 Å². The molecule has 0 unspecified atom stereocenters. The van der Waals surface area contributed by atoms with Crippen LogP contribution in [0, 0.1) is 25.5 Å². The molecule has 1 heterocycles. The number of hydrogen-bond donors (Lipinski definition) is 1. The SMILES string of the molecule is Cc1nnc(CNc2c(F)ccc(C)c2F)o1. The number of nitrogens with one attached hydrogen (secondary N) is 1. The summed E-state index contributed by atoms with van der Waals surface area (Å²) in [6, 6.07) is 2.59. The van der Waals surface area contributed by atoms with Gasteiger partial charge in [-0.25, -0.2) is 8.78 Å². The van der Waals surface area contributed by atoms with Crippen molar-refractivity contribution in [2.75, 3.05) is 5.32 Å². The fourth-order valence-electron chi connectivity index (χ4n) is 1.39. The number of benzene rings is 1. The number of aryl methyl sites for hydroxylation is 2. The molecule has 90 valence electrons. The van der Waals surface area contributed by atoms with E-state index in [1.807, 2.05) is 0 Å². The number of halogens is 2. The first-order chi connectivity index (χ1) is 8.08. The molecule has 1 aromatic heterocycles. The standard InChI is InChI=1S/C11H11F2N3O/c1-6-3-4-8(12)11(10(6)13)14-5-9-16-15-7(2)17-9/h3-4,14H,5H2,1-2H3. The molecule has 4 nitrogen and oxygen atoms in total. The molecular weight excluding hydrogens is 228 g/mol. The molecule has 17 heavy (non-hydrogen) atoms. The van der Waals surface area contributed by atoms with Gasteiger partial charge in [-0.05, 0) is 18.6 Å². The van der Waals surface area contributed by atoms with Gasteiger partial charge in [0.2, 0.25) is 11.8 Å². The number of nitrogens with zero attached hydrogens (tertiary/aromatic N) is 2. The van der Waals surface area contributed by atoms with Gasteiger partial charge in [-0.1, -0.05) is 6.07 Å². The van der Waals surface area contributed by atoms with Gasteiger partial charge in [-0.3, -0.25) is 0 Å². The Bertz CT molecular complexity index is 540. The molecule has 0 aliphatic heterocycles. The molecule has 1 aromatic carbocycles. The molecule has 0 bridgehead atoms. The van der Waals surface area contributed by atoms with Gasteiger partial charge < -0.3 is 9.73 Å². The molecule has 0 atom stereocenters. The van der Waals surface area contributed by atoms with E-state index in [4.69, 9.17) is 4.42 Å². The largest absolute Gasteiger partial charge is 0.424 e. The predicted octanol–water partition coefficient (Wildman–Crippen LogP) is 2.58. The van der Waals surface area contributed by atoms with Crippen LogP contribution in [0.2, 0.25) is 0 Å². The number of anilines is 1. The third-order valence-electron chi connectivity index (χ3n) is 2.27. The van der Waals surface area contributed by atoms with Crippen molar-refractivity contribution in [3.8, 4) is 0 Å². The van der Waals surface area contributed by atoms with Crippen LogP contribution in [0.5, 0.6) is 0 Å². The Morgan fingerprint density at radius 1 is 1.24 bits per heavy atom. The molecule has 0 radical (unpaired) electrons. The van der Waals surface area contributed by atoms with Crippen molar-refractivity contribution in [1.29, 1.82) is 0 Å². The first kappa shape index (κ1) is 11.5. The quantitative estimate of drug-likeness (QED) is 0.894. The molecule has 0 aliphatic carbocycles. The molecule has 0 fully saturated rings. The van der Waals surface area contributed by atoms with Crippen molar-refractivity contribution in [2.45, 2.75) is 20.4 Å². The minimum Gasteiger partial charge on any atom is -0.424 e. The number of aromatic nitrogens is 2. The Morgan fingerprint density at radius 2 is 2.00 bits per heavy atom. The third kappa shape index (κ3) is 2.41. The lowest BCUT2D eigenvalue weighted by molar-refractivity contribution is 0.473. The van der Waals surface area contributed by atoms with Gasteiger partial charge in [0, 0.05) is 6.92 Å². The highest BCUT2D eigenvalue weighted by molar-refractivity contribution is 5.48. The van der Waals surface area contributed by atoms with E-state index in [1.54, 1.807) is 13.8 Å². The lowest BCUT2D eigenvalue weighted by atomic mass is 10.2. The zero-order valence-electron chi connectivity index (χ0n) is 9.42. The van der Waals surface area contributed by atoms with Gasteiger partial charge >= 0.3 is 0 Å². The van der Waals surface area contributed by atoms with Gasteiger partial charge in [-0.2, -0.15) is 0 Å². The summed E-state index contributed by atoms with van der Waals surface area (Å²) in [4.78, 5) is 0. The molecule has 0 aliphatic rings. The molecule has 0 amide bonds. The summed E-state index contributed by atoms with van der Waals surface area (Å²) in [5.41, 5.74) is 0.191. The second kappa shape index (κ2) is 4.48. The lowest BCUT2D eigenvalue weighted by Crippen LogP contribution is -2.05. The van der Waals surface area contributed by atoms with Gasteiger partial charge in [0.15, 0.2) is 5.82 Å². The summed E-state index contributed by atoms with van der Waals surface area (Å²) in [7, 11) is 0. The average molecular weight is 239 g/mol. The zero-order chi connectivity index (χ0) is 12.4. The fourth-order valence-corrected chi connectivity index (χ4v) is 1.39. The van der Waals surface area contributed by atoms with Crippen LogP contribution in [0.4, 0.5) is 14.5 Å². The normalized spacial score (nSPS) is 10.6.